The van der Waals surface area contributed by atoms with E-state index in [-0.39, 0.29) is 11.3 Å². The van der Waals surface area contributed by atoms with E-state index in [0.717, 1.165) is 37.9 Å². The van der Waals surface area contributed by atoms with Crippen LogP contribution in [0.1, 0.15) is 29.5 Å². The van der Waals surface area contributed by atoms with Gasteiger partial charge in [-0.15, -0.1) is 0 Å². The van der Waals surface area contributed by atoms with Crippen LogP contribution in [0.4, 0.5) is 0 Å². The van der Waals surface area contributed by atoms with Crippen molar-refractivity contribution in [3.63, 3.8) is 0 Å². The van der Waals surface area contributed by atoms with E-state index in [0.29, 0.717) is 5.02 Å². The lowest BCUT2D eigenvalue weighted by Gasteiger charge is -2.32. The minimum atomic E-state index is -0.370. The summed E-state index contributed by atoms with van der Waals surface area (Å²) in [5.41, 5.74) is 3.27. The number of rotatable bonds is 2. The molecular weight excluding hydrogens is 294 g/mol. The van der Waals surface area contributed by atoms with Crippen LogP contribution >= 0.6 is 11.6 Å². The first kappa shape index (κ1) is 13.8. The zero-order valence-corrected chi connectivity index (χ0v) is 13.1. The minimum absolute atomic E-state index is 0.245. The molecule has 1 aliphatic carbocycles. The summed E-state index contributed by atoms with van der Waals surface area (Å²) >= 11 is 6.34. The van der Waals surface area contributed by atoms with Crippen LogP contribution < -0.4 is 0 Å². The first-order valence-corrected chi connectivity index (χ1v) is 8.20. The molecule has 22 heavy (non-hydrogen) atoms. The molecule has 2 aromatic carbocycles. The van der Waals surface area contributed by atoms with Crippen molar-refractivity contribution >= 4 is 17.5 Å². The van der Waals surface area contributed by atoms with E-state index in [2.05, 4.69) is 18.2 Å². The third kappa shape index (κ3) is 2.14. The van der Waals surface area contributed by atoms with E-state index in [1.165, 1.54) is 11.1 Å². The summed E-state index contributed by atoms with van der Waals surface area (Å²) < 4.78 is 0. The zero-order valence-electron chi connectivity index (χ0n) is 12.4. The molecule has 0 radical (unpaired) electrons. The van der Waals surface area contributed by atoms with E-state index in [9.17, 15) is 4.79 Å². The molecule has 0 spiro atoms. The summed E-state index contributed by atoms with van der Waals surface area (Å²) in [6.07, 6.45) is 2.77. The highest BCUT2D eigenvalue weighted by Gasteiger charge is 2.54. The maximum Gasteiger partial charge on any atom is 0.233 e. The Morgan fingerprint density at radius 1 is 1.00 bits per heavy atom. The van der Waals surface area contributed by atoms with Crippen molar-refractivity contribution in [1.82, 2.24) is 4.90 Å². The summed E-state index contributed by atoms with van der Waals surface area (Å²) in [7, 11) is 0. The Labute approximate surface area is 135 Å². The Kier molecular flexibility index (Phi) is 3.23. The second-order valence-corrected chi connectivity index (χ2v) is 6.71. The van der Waals surface area contributed by atoms with Crippen LogP contribution in [-0.2, 0) is 23.2 Å². The Hall–Kier alpha value is -1.80. The van der Waals surface area contributed by atoms with E-state index in [4.69, 9.17) is 11.6 Å². The number of nitrogens with zero attached hydrogens (tertiary/aromatic N) is 1. The van der Waals surface area contributed by atoms with E-state index < -0.39 is 0 Å². The molecule has 112 valence electrons. The zero-order chi connectivity index (χ0) is 15.2. The fraction of sp³-hybridized carbons (Fsp3) is 0.316. The van der Waals surface area contributed by atoms with Crippen LogP contribution in [0.25, 0.3) is 0 Å². The molecule has 2 nitrogen and oxygen atoms in total. The molecule has 2 aliphatic rings. The van der Waals surface area contributed by atoms with Gasteiger partial charge in [0, 0.05) is 18.1 Å². The number of fused-ring (bicyclic) bond motifs is 1. The number of amides is 1. The monoisotopic (exact) mass is 311 g/mol. The second kappa shape index (κ2) is 5.13. The van der Waals surface area contributed by atoms with E-state index in [1.807, 2.05) is 35.2 Å². The summed E-state index contributed by atoms with van der Waals surface area (Å²) in [6.45, 7) is 1.53. The molecule has 2 aromatic rings. The maximum atomic E-state index is 13.1. The number of hydrogen-bond acceptors (Lipinski definition) is 1. The predicted molar refractivity (Wildman–Crippen MR) is 87.9 cm³/mol. The van der Waals surface area contributed by atoms with Gasteiger partial charge in [-0.25, -0.2) is 0 Å². The van der Waals surface area contributed by atoms with Crippen molar-refractivity contribution in [3.05, 3.63) is 70.2 Å². The number of benzene rings is 2. The normalized spacial score (nSPS) is 18.7. The van der Waals surface area contributed by atoms with Crippen LogP contribution in [0, 0.1) is 0 Å². The lowest BCUT2D eigenvalue weighted by molar-refractivity contribution is -0.134. The molecule has 0 aromatic heterocycles. The molecule has 0 atom stereocenters. The van der Waals surface area contributed by atoms with Gasteiger partial charge >= 0.3 is 0 Å². The Balaban J connectivity index is 1.62. The molecule has 0 bridgehead atoms. The molecule has 1 amide bonds. The highest BCUT2D eigenvalue weighted by Crippen LogP contribution is 2.52. The van der Waals surface area contributed by atoms with Gasteiger partial charge in [0.15, 0.2) is 0 Å². The summed E-state index contributed by atoms with van der Waals surface area (Å²) in [5, 5.41) is 0.714. The fourth-order valence-corrected chi connectivity index (χ4v) is 3.86. The van der Waals surface area contributed by atoms with Gasteiger partial charge in [0.05, 0.1) is 5.41 Å². The quantitative estimate of drug-likeness (QED) is 0.822. The molecular formula is C19H18ClNO. The van der Waals surface area contributed by atoms with Gasteiger partial charge in [0.25, 0.3) is 0 Å². The number of halogens is 1. The summed E-state index contributed by atoms with van der Waals surface area (Å²) in [4.78, 5) is 15.1. The lowest BCUT2D eigenvalue weighted by atomic mass is 9.92. The van der Waals surface area contributed by atoms with Gasteiger partial charge < -0.3 is 4.90 Å². The third-order valence-electron chi connectivity index (χ3n) is 4.97. The average Bonchev–Trinajstić information content (AvgIpc) is 3.36. The maximum absolute atomic E-state index is 13.1. The Morgan fingerprint density at radius 2 is 1.68 bits per heavy atom. The average molecular weight is 312 g/mol. The Morgan fingerprint density at radius 3 is 2.41 bits per heavy atom. The standard InChI is InChI=1S/C19H18ClNO/c20-17-8-4-3-7-16(17)19(10-11-19)18(22)21-12-9-14-5-1-2-6-15(14)13-21/h1-8H,9-13H2. The van der Waals surface area contributed by atoms with Crippen LogP contribution in [0.5, 0.6) is 0 Å². The largest absolute Gasteiger partial charge is 0.337 e. The van der Waals surface area contributed by atoms with Gasteiger partial charge in [0.2, 0.25) is 5.91 Å². The molecule has 0 saturated heterocycles. The van der Waals surface area contributed by atoms with Crippen molar-refractivity contribution in [2.75, 3.05) is 6.54 Å². The SMILES string of the molecule is O=C(N1CCc2ccccc2C1)C1(c2ccccc2Cl)CC1. The topological polar surface area (TPSA) is 20.3 Å². The molecule has 1 aliphatic heterocycles. The molecule has 1 heterocycles. The van der Waals surface area contributed by atoms with Crippen molar-refractivity contribution in [2.24, 2.45) is 0 Å². The van der Waals surface area contributed by atoms with Crippen molar-refractivity contribution < 1.29 is 4.79 Å². The van der Waals surface area contributed by atoms with E-state index >= 15 is 0 Å². The molecule has 0 unspecified atom stereocenters. The lowest BCUT2D eigenvalue weighted by Crippen LogP contribution is -2.42. The highest BCUT2D eigenvalue weighted by molar-refractivity contribution is 6.31. The van der Waals surface area contributed by atoms with Crippen LogP contribution in [0.2, 0.25) is 5.02 Å². The summed E-state index contributed by atoms with van der Waals surface area (Å²) in [6, 6.07) is 16.2. The first-order chi connectivity index (χ1) is 10.7. The van der Waals surface area contributed by atoms with Gasteiger partial charge in [-0.3, -0.25) is 4.79 Å². The second-order valence-electron chi connectivity index (χ2n) is 6.31. The summed E-state index contributed by atoms with van der Waals surface area (Å²) in [5.74, 6) is 0.245. The molecule has 1 saturated carbocycles. The molecule has 3 heteroatoms. The smallest absolute Gasteiger partial charge is 0.233 e. The molecule has 4 rings (SSSR count). The van der Waals surface area contributed by atoms with Crippen LogP contribution in [-0.4, -0.2) is 17.4 Å². The molecule has 1 fully saturated rings. The van der Waals surface area contributed by atoms with Crippen LogP contribution in [0.15, 0.2) is 48.5 Å². The Bertz CT molecular complexity index is 736. The fourth-order valence-electron chi connectivity index (χ4n) is 3.54. The first-order valence-electron chi connectivity index (χ1n) is 7.82. The van der Waals surface area contributed by atoms with Crippen molar-refractivity contribution in [3.8, 4) is 0 Å². The highest BCUT2D eigenvalue weighted by atomic mass is 35.5. The van der Waals surface area contributed by atoms with Crippen molar-refractivity contribution in [2.45, 2.75) is 31.2 Å². The number of hydrogen-bond donors (Lipinski definition) is 0. The van der Waals surface area contributed by atoms with Gasteiger partial charge in [0.1, 0.15) is 0 Å². The minimum Gasteiger partial charge on any atom is -0.337 e. The molecule has 0 N–H and O–H groups in total. The van der Waals surface area contributed by atoms with Gasteiger partial charge in [-0.05, 0) is 42.0 Å². The third-order valence-corrected chi connectivity index (χ3v) is 5.30. The number of carbonyl (C=O) groups is 1. The predicted octanol–water partition coefficient (Wildman–Crippen LogP) is 3.96. The van der Waals surface area contributed by atoms with Gasteiger partial charge in [-0.2, -0.15) is 0 Å². The van der Waals surface area contributed by atoms with Crippen LogP contribution in [0.3, 0.4) is 0 Å². The van der Waals surface area contributed by atoms with E-state index in [1.54, 1.807) is 0 Å². The number of carbonyl (C=O) groups excluding carboxylic acids is 1. The van der Waals surface area contributed by atoms with Crippen molar-refractivity contribution in [1.29, 1.82) is 0 Å². The van der Waals surface area contributed by atoms with Gasteiger partial charge in [-0.1, -0.05) is 54.1 Å².